The molecule has 3 N–H and O–H groups in total. The molecule has 0 bridgehead atoms. The number of aliphatic hydroxyl groups excluding tert-OH is 1. The molecule has 1 heterocycles. The highest BCUT2D eigenvalue weighted by Crippen LogP contribution is 2.24. The second-order valence-electron chi connectivity index (χ2n) is 5.04. The van der Waals surface area contributed by atoms with Crippen molar-refractivity contribution in [2.45, 2.75) is 50.6 Å². The summed E-state index contributed by atoms with van der Waals surface area (Å²) in [5.41, 5.74) is 0. The van der Waals surface area contributed by atoms with Crippen molar-refractivity contribution in [1.29, 1.82) is 0 Å². The molecule has 2 aliphatic rings. The Morgan fingerprint density at radius 3 is 2.73 bits per heavy atom. The summed E-state index contributed by atoms with van der Waals surface area (Å²) < 4.78 is 0. The van der Waals surface area contributed by atoms with Gasteiger partial charge in [0.1, 0.15) is 0 Å². The van der Waals surface area contributed by atoms with E-state index in [-0.39, 0.29) is 0 Å². The molecule has 0 spiro atoms. The van der Waals surface area contributed by atoms with Crippen LogP contribution in [0.25, 0.3) is 0 Å². The van der Waals surface area contributed by atoms with Crippen molar-refractivity contribution in [1.82, 2.24) is 10.6 Å². The summed E-state index contributed by atoms with van der Waals surface area (Å²) in [7, 11) is 0. The molecule has 2 rings (SSSR count). The van der Waals surface area contributed by atoms with Gasteiger partial charge in [-0.3, -0.25) is 0 Å². The topological polar surface area (TPSA) is 44.3 Å². The van der Waals surface area contributed by atoms with Gasteiger partial charge < -0.3 is 15.7 Å². The molecule has 0 radical (unpaired) electrons. The Labute approximate surface area is 92.6 Å². The number of hydrogen-bond acceptors (Lipinski definition) is 3. The largest absolute Gasteiger partial charge is 0.396 e. The van der Waals surface area contributed by atoms with E-state index in [0.29, 0.717) is 24.6 Å². The van der Waals surface area contributed by atoms with E-state index < -0.39 is 0 Å². The second kappa shape index (κ2) is 5.83. The van der Waals surface area contributed by atoms with Gasteiger partial charge in [-0.2, -0.15) is 0 Å². The lowest BCUT2D eigenvalue weighted by atomic mass is 9.84. The van der Waals surface area contributed by atoms with E-state index >= 15 is 0 Å². The summed E-state index contributed by atoms with van der Waals surface area (Å²) in [5, 5.41) is 16.5. The van der Waals surface area contributed by atoms with E-state index in [1.54, 1.807) is 0 Å². The normalized spacial score (nSPS) is 37.8. The predicted octanol–water partition coefficient (Wildman–Crippen LogP) is 0.879. The third-order valence-electron chi connectivity index (χ3n) is 3.89. The quantitative estimate of drug-likeness (QED) is 0.651. The number of piperidine rings is 1. The average Bonchev–Trinajstić information content (AvgIpc) is 2.31. The summed E-state index contributed by atoms with van der Waals surface area (Å²) in [5.74, 6) is 0.501. The van der Waals surface area contributed by atoms with Gasteiger partial charge in [0, 0.05) is 25.2 Å². The summed E-state index contributed by atoms with van der Waals surface area (Å²) in [6.07, 6.45) is 7.66. The highest BCUT2D eigenvalue weighted by molar-refractivity contribution is 4.85. The lowest BCUT2D eigenvalue weighted by molar-refractivity contribution is 0.142. The third kappa shape index (κ3) is 3.16. The summed E-state index contributed by atoms with van der Waals surface area (Å²) in [6.45, 7) is 2.64. The molecule has 1 saturated heterocycles. The predicted molar refractivity (Wildman–Crippen MR) is 61.9 cm³/mol. The van der Waals surface area contributed by atoms with Crippen LogP contribution in [0.1, 0.15) is 38.5 Å². The standard InChI is InChI=1S/C12H24N2O/c15-9-10-4-1-2-6-12(10)14-11-5-3-7-13-8-11/h10-15H,1-9H2. The zero-order valence-electron chi connectivity index (χ0n) is 9.54. The van der Waals surface area contributed by atoms with Crippen LogP contribution in [0.15, 0.2) is 0 Å². The van der Waals surface area contributed by atoms with Crippen LogP contribution in [0.5, 0.6) is 0 Å². The lowest BCUT2D eigenvalue weighted by Crippen LogP contribution is -2.51. The molecule has 15 heavy (non-hydrogen) atoms. The molecule has 0 aromatic rings. The fourth-order valence-electron chi connectivity index (χ4n) is 2.94. The van der Waals surface area contributed by atoms with Crippen LogP contribution in [0.2, 0.25) is 0 Å². The molecule has 1 saturated carbocycles. The maximum absolute atomic E-state index is 9.34. The third-order valence-corrected chi connectivity index (χ3v) is 3.89. The van der Waals surface area contributed by atoms with Gasteiger partial charge in [-0.05, 0) is 38.1 Å². The molecule has 3 atom stereocenters. The van der Waals surface area contributed by atoms with Crippen molar-refractivity contribution in [2.75, 3.05) is 19.7 Å². The van der Waals surface area contributed by atoms with Crippen molar-refractivity contribution in [2.24, 2.45) is 5.92 Å². The first-order valence-corrected chi connectivity index (χ1v) is 6.48. The molecule has 1 aliphatic heterocycles. The summed E-state index contributed by atoms with van der Waals surface area (Å²) in [4.78, 5) is 0. The minimum absolute atomic E-state index is 0.359. The number of rotatable bonds is 3. The molecular formula is C12H24N2O. The lowest BCUT2D eigenvalue weighted by Gasteiger charge is -2.35. The van der Waals surface area contributed by atoms with Gasteiger partial charge in [0.2, 0.25) is 0 Å². The van der Waals surface area contributed by atoms with Gasteiger partial charge in [0.25, 0.3) is 0 Å². The van der Waals surface area contributed by atoms with Crippen LogP contribution in [-0.2, 0) is 0 Å². The Balaban J connectivity index is 1.79. The molecule has 2 fully saturated rings. The van der Waals surface area contributed by atoms with E-state index in [1.165, 1.54) is 45.1 Å². The smallest absolute Gasteiger partial charge is 0.0474 e. The molecular weight excluding hydrogens is 188 g/mol. The summed E-state index contributed by atoms with van der Waals surface area (Å²) in [6, 6.07) is 1.20. The van der Waals surface area contributed by atoms with Crippen LogP contribution < -0.4 is 10.6 Å². The maximum Gasteiger partial charge on any atom is 0.0474 e. The Hall–Kier alpha value is -0.120. The fraction of sp³-hybridized carbons (Fsp3) is 1.00. The Morgan fingerprint density at radius 2 is 2.00 bits per heavy atom. The van der Waals surface area contributed by atoms with E-state index in [4.69, 9.17) is 0 Å². The molecule has 3 heteroatoms. The Kier molecular flexibility index (Phi) is 4.42. The first-order chi connectivity index (χ1) is 7.40. The van der Waals surface area contributed by atoms with Crippen molar-refractivity contribution < 1.29 is 5.11 Å². The van der Waals surface area contributed by atoms with Crippen molar-refractivity contribution in [3.8, 4) is 0 Å². The Morgan fingerprint density at radius 1 is 1.13 bits per heavy atom. The van der Waals surface area contributed by atoms with Gasteiger partial charge in [-0.25, -0.2) is 0 Å². The SMILES string of the molecule is OCC1CCCCC1NC1CCCNC1. The van der Waals surface area contributed by atoms with Gasteiger partial charge in [-0.15, -0.1) is 0 Å². The molecule has 3 unspecified atom stereocenters. The van der Waals surface area contributed by atoms with E-state index in [2.05, 4.69) is 10.6 Å². The van der Waals surface area contributed by atoms with Crippen LogP contribution in [0.3, 0.4) is 0 Å². The van der Waals surface area contributed by atoms with Gasteiger partial charge in [0.15, 0.2) is 0 Å². The minimum Gasteiger partial charge on any atom is -0.396 e. The van der Waals surface area contributed by atoms with Gasteiger partial charge in [-0.1, -0.05) is 12.8 Å². The molecule has 3 nitrogen and oxygen atoms in total. The molecule has 88 valence electrons. The minimum atomic E-state index is 0.359. The summed E-state index contributed by atoms with van der Waals surface area (Å²) >= 11 is 0. The Bertz CT molecular complexity index is 180. The van der Waals surface area contributed by atoms with E-state index in [9.17, 15) is 5.11 Å². The van der Waals surface area contributed by atoms with Crippen molar-refractivity contribution >= 4 is 0 Å². The fourth-order valence-corrected chi connectivity index (χ4v) is 2.94. The zero-order chi connectivity index (χ0) is 10.5. The highest BCUT2D eigenvalue weighted by atomic mass is 16.3. The van der Waals surface area contributed by atoms with Gasteiger partial charge >= 0.3 is 0 Å². The first kappa shape index (κ1) is 11.4. The molecule has 0 aromatic carbocycles. The number of aliphatic hydroxyl groups is 1. The van der Waals surface area contributed by atoms with E-state index in [1.807, 2.05) is 0 Å². The maximum atomic E-state index is 9.34. The number of nitrogens with one attached hydrogen (secondary N) is 2. The van der Waals surface area contributed by atoms with Crippen LogP contribution >= 0.6 is 0 Å². The van der Waals surface area contributed by atoms with Crippen LogP contribution in [0, 0.1) is 5.92 Å². The van der Waals surface area contributed by atoms with Crippen LogP contribution in [0.4, 0.5) is 0 Å². The zero-order valence-corrected chi connectivity index (χ0v) is 9.54. The molecule has 1 aliphatic carbocycles. The highest BCUT2D eigenvalue weighted by Gasteiger charge is 2.26. The van der Waals surface area contributed by atoms with Crippen molar-refractivity contribution in [3.05, 3.63) is 0 Å². The van der Waals surface area contributed by atoms with E-state index in [0.717, 1.165) is 6.54 Å². The molecule has 0 aromatic heterocycles. The second-order valence-corrected chi connectivity index (χ2v) is 5.04. The molecule has 0 amide bonds. The van der Waals surface area contributed by atoms with Crippen molar-refractivity contribution in [3.63, 3.8) is 0 Å². The first-order valence-electron chi connectivity index (χ1n) is 6.48. The van der Waals surface area contributed by atoms with Gasteiger partial charge in [0.05, 0.1) is 0 Å². The average molecular weight is 212 g/mol. The monoisotopic (exact) mass is 212 g/mol. The van der Waals surface area contributed by atoms with Crippen LogP contribution in [-0.4, -0.2) is 36.9 Å². The number of hydrogen-bond donors (Lipinski definition) is 3.